The number of benzene rings is 1. The number of halogens is 1. The fraction of sp³-hybridized carbons (Fsp3) is 0.385. The first kappa shape index (κ1) is 14.2. The lowest BCUT2D eigenvalue weighted by atomic mass is 9.95. The first-order valence-corrected chi connectivity index (χ1v) is 5.66. The molecule has 1 atom stereocenters. The Balaban J connectivity index is 2.59. The van der Waals surface area contributed by atoms with E-state index in [-0.39, 0.29) is 18.3 Å². The second-order valence-corrected chi connectivity index (χ2v) is 4.40. The van der Waals surface area contributed by atoms with Gasteiger partial charge in [-0.3, -0.25) is 9.59 Å². The van der Waals surface area contributed by atoms with Crippen LogP contribution in [0.15, 0.2) is 24.3 Å². The van der Waals surface area contributed by atoms with E-state index in [0.717, 1.165) is 5.56 Å². The van der Waals surface area contributed by atoms with Gasteiger partial charge in [0, 0.05) is 6.54 Å². The zero-order valence-corrected chi connectivity index (χ0v) is 10.3. The van der Waals surface area contributed by atoms with Crippen LogP contribution in [-0.4, -0.2) is 17.0 Å². The van der Waals surface area contributed by atoms with Crippen LogP contribution in [0.3, 0.4) is 0 Å². The van der Waals surface area contributed by atoms with E-state index in [4.69, 9.17) is 5.11 Å². The molecule has 4 nitrogen and oxygen atoms in total. The van der Waals surface area contributed by atoms with Crippen molar-refractivity contribution >= 4 is 11.9 Å². The second-order valence-electron chi connectivity index (χ2n) is 4.40. The largest absolute Gasteiger partial charge is 0.481 e. The highest BCUT2D eigenvalue weighted by atomic mass is 19.1. The summed E-state index contributed by atoms with van der Waals surface area (Å²) in [5.74, 6) is -3.36. The number of aliphatic carboxylic acids is 1. The highest BCUT2D eigenvalue weighted by Crippen LogP contribution is 2.11. The Labute approximate surface area is 105 Å². The van der Waals surface area contributed by atoms with Crippen LogP contribution in [0, 0.1) is 17.7 Å². The normalized spacial score (nSPS) is 12.2. The number of amides is 1. The molecule has 1 aromatic rings. The van der Waals surface area contributed by atoms with Gasteiger partial charge in [0.25, 0.3) is 0 Å². The number of rotatable bonds is 5. The molecule has 0 spiro atoms. The molecular weight excluding hydrogens is 237 g/mol. The zero-order valence-electron chi connectivity index (χ0n) is 10.3. The monoisotopic (exact) mass is 253 g/mol. The van der Waals surface area contributed by atoms with Crippen LogP contribution in [0.2, 0.25) is 0 Å². The van der Waals surface area contributed by atoms with Gasteiger partial charge in [-0.1, -0.05) is 26.0 Å². The maximum atomic E-state index is 12.7. The Kier molecular flexibility index (Phi) is 4.83. The van der Waals surface area contributed by atoms with Crippen LogP contribution in [0.25, 0.3) is 0 Å². The van der Waals surface area contributed by atoms with Crippen molar-refractivity contribution in [2.24, 2.45) is 11.8 Å². The summed E-state index contributed by atoms with van der Waals surface area (Å²) in [6.45, 7) is 3.54. The van der Waals surface area contributed by atoms with Crippen LogP contribution in [-0.2, 0) is 16.1 Å². The SMILES string of the molecule is CC(C)C(C(=O)O)C(=O)NCc1ccc(F)cc1. The summed E-state index contributed by atoms with van der Waals surface area (Å²) in [5.41, 5.74) is 0.720. The van der Waals surface area contributed by atoms with E-state index >= 15 is 0 Å². The summed E-state index contributed by atoms with van der Waals surface area (Å²) in [6, 6.07) is 5.67. The standard InChI is InChI=1S/C13H16FNO3/c1-8(2)11(13(17)18)12(16)15-7-9-3-5-10(14)6-4-9/h3-6,8,11H,7H2,1-2H3,(H,15,16)(H,17,18). The van der Waals surface area contributed by atoms with Crippen LogP contribution in [0.5, 0.6) is 0 Å². The average Bonchev–Trinajstić information content (AvgIpc) is 2.27. The summed E-state index contributed by atoms with van der Waals surface area (Å²) in [4.78, 5) is 22.6. The number of carbonyl (C=O) groups is 2. The topological polar surface area (TPSA) is 66.4 Å². The smallest absolute Gasteiger partial charge is 0.316 e. The molecule has 0 radical (unpaired) electrons. The molecule has 5 heteroatoms. The van der Waals surface area contributed by atoms with Gasteiger partial charge in [0.15, 0.2) is 0 Å². The summed E-state index contributed by atoms with van der Waals surface area (Å²) >= 11 is 0. The molecule has 0 aliphatic carbocycles. The van der Waals surface area contributed by atoms with Gasteiger partial charge in [0.2, 0.25) is 5.91 Å². The number of hydrogen-bond acceptors (Lipinski definition) is 2. The lowest BCUT2D eigenvalue weighted by Gasteiger charge is -2.15. The Morgan fingerprint density at radius 3 is 2.28 bits per heavy atom. The minimum absolute atomic E-state index is 0.190. The quantitative estimate of drug-likeness (QED) is 0.786. The minimum atomic E-state index is -1.14. The van der Waals surface area contributed by atoms with E-state index in [2.05, 4.69) is 5.32 Å². The molecule has 1 unspecified atom stereocenters. The van der Waals surface area contributed by atoms with Crippen LogP contribution >= 0.6 is 0 Å². The number of hydrogen-bond donors (Lipinski definition) is 2. The Hall–Kier alpha value is -1.91. The van der Waals surface area contributed by atoms with Crippen molar-refractivity contribution in [3.63, 3.8) is 0 Å². The number of carboxylic acids is 1. The van der Waals surface area contributed by atoms with Crippen LogP contribution in [0.4, 0.5) is 4.39 Å². The third-order valence-electron chi connectivity index (χ3n) is 2.60. The van der Waals surface area contributed by atoms with E-state index in [0.29, 0.717) is 0 Å². The van der Waals surface area contributed by atoms with Crippen molar-refractivity contribution in [1.29, 1.82) is 0 Å². The van der Waals surface area contributed by atoms with Crippen molar-refractivity contribution in [2.45, 2.75) is 20.4 Å². The zero-order chi connectivity index (χ0) is 13.7. The van der Waals surface area contributed by atoms with Gasteiger partial charge < -0.3 is 10.4 Å². The molecule has 0 bridgehead atoms. The van der Waals surface area contributed by atoms with Gasteiger partial charge in [0.1, 0.15) is 11.7 Å². The third kappa shape index (κ3) is 3.84. The van der Waals surface area contributed by atoms with Crippen LogP contribution in [0.1, 0.15) is 19.4 Å². The van der Waals surface area contributed by atoms with Gasteiger partial charge in [0.05, 0.1) is 0 Å². The molecule has 2 N–H and O–H groups in total. The highest BCUT2D eigenvalue weighted by molar-refractivity contribution is 5.97. The molecule has 0 aliphatic rings. The van der Waals surface area contributed by atoms with E-state index in [1.165, 1.54) is 12.1 Å². The first-order valence-electron chi connectivity index (χ1n) is 5.66. The van der Waals surface area contributed by atoms with E-state index in [1.54, 1.807) is 26.0 Å². The van der Waals surface area contributed by atoms with Gasteiger partial charge >= 0.3 is 5.97 Å². The molecule has 0 heterocycles. The summed E-state index contributed by atoms with van der Waals surface area (Å²) in [6.07, 6.45) is 0. The Morgan fingerprint density at radius 1 is 1.28 bits per heavy atom. The van der Waals surface area contributed by atoms with Crippen molar-refractivity contribution in [1.82, 2.24) is 5.32 Å². The van der Waals surface area contributed by atoms with Gasteiger partial charge in [-0.2, -0.15) is 0 Å². The lowest BCUT2D eigenvalue weighted by Crippen LogP contribution is -2.38. The molecule has 18 heavy (non-hydrogen) atoms. The van der Waals surface area contributed by atoms with E-state index < -0.39 is 17.8 Å². The van der Waals surface area contributed by atoms with Gasteiger partial charge in [-0.05, 0) is 23.6 Å². The number of carbonyl (C=O) groups excluding carboxylic acids is 1. The summed E-state index contributed by atoms with van der Waals surface area (Å²) in [7, 11) is 0. The first-order chi connectivity index (χ1) is 8.41. The average molecular weight is 253 g/mol. The Morgan fingerprint density at radius 2 is 1.83 bits per heavy atom. The molecule has 0 aromatic heterocycles. The molecule has 0 saturated heterocycles. The molecule has 1 aromatic carbocycles. The molecule has 0 saturated carbocycles. The third-order valence-corrected chi connectivity index (χ3v) is 2.60. The molecule has 0 aliphatic heterocycles. The fourth-order valence-electron chi connectivity index (χ4n) is 1.60. The van der Waals surface area contributed by atoms with Gasteiger partial charge in [-0.25, -0.2) is 4.39 Å². The summed E-state index contributed by atoms with van der Waals surface area (Å²) < 4.78 is 12.7. The minimum Gasteiger partial charge on any atom is -0.481 e. The molecule has 1 amide bonds. The number of carboxylic acid groups (broad SMARTS) is 1. The molecule has 0 fully saturated rings. The predicted molar refractivity (Wildman–Crippen MR) is 64.2 cm³/mol. The van der Waals surface area contributed by atoms with Crippen molar-refractivity contribution in [3.05, 3.63) is 35.6 Å². The maximum Gasteiger partial charge on any atom is 0.316 e. The molecule has 98 valence electrons. The molecule has 1 rings (SSSR count). The van der Waals surface area contributed by atoms with E-state index in [1.807, 2.05) is 0 Å². The van der Waals surface area contributed by atoms with Crippen LogP contribution < -0.4 is 5.32 Å². The summed E-state index contributed by atoms with van der Waals surface area (Å²) in [5, 5.41) is 11.5. The van der Waals surface area contributed by atoms with Crippen molar-refractivity contribution < 1.29 is 19.1 Å². The second kappa shape index (κ2) is 6.14. The van der Waals surface area contributed by atoms with Crippen molar-refractivity contribution in [2.75, 3.05) is 0 Å². The molecular formula is C13H16FNO3. The van der Waals surface area contributed by atoms with Crippen molar-refractivity contribution in [3.8, 4) is 0 Å². The maximum absolute atomic E-state index is 12.7. The van der Waals surface area contributed by atoms with Gasteiger partial charge in [-0.15, -0.1) is 0 Å². The fourth-order valence-corrected chi connectivity index (χ4v) is 1.60. The van der Waals surface area contributed by atoms with E-state index in [9.17, 15) is 14.0 Å². The Bertz CT molecular complexity index is 428. The lowest BCUT2D eigenvalue weighted by molar-refractivity contribution is -0.148. The number of nitrogens with one attached hydrogen (secondary N) is 1. The predicted octanol–water partition coefficient (Wildman–Crippen LogP) is 1.80. The highest BCUT2D eigenvalue weighted by Gasteiger charge is 2.29.